The zero-order chi connectivity index (χ0) is 19.8. The fourth-order valence-electron chi connectivity index (χ4n) is 4.29. The summed E-state index contributed by atoms with van der Waals surface area (Å²) in [5.41, 5.74) is 2.16. The molecule has 2 aliphatic heterocycles. The molecule has 3 aromatic heterocycles. The number of anilines is 1. The topological polar surface area (TPSA) is 64.0 Å². The van der Waals surface area contributed by atoms with Crippen LogP contribution in [0.2, 0.25) is 0 Å². The van der Waals surface area contributed by atoms with Crippen LogP contribution in [0.3, 0.4) is 0 Å². The zero-order valence-corrected chi connectivity index (χ0v) is 16.2. The molecule has 3 unspecified atom stereocenters. The van der Waals surface area contributed by atoms with Gasteiger partial charge in [-0.25, -0.2) is 14.4 Å². The predicted molar refractivity (Wildman–Crippen MR) is 107 cm³/mol. The van der Waals surface area contributed by atoms with Gasteiger partial charge in [-0.15, -0.1) is 0 Å². The molecule has 2 saturated heterocycles. The number of aryl methyl sites for hydroxylation is 1. The van der Waals surface area contributed by atoms with E-state index in [-0.39, 0.29) is 5.82 Å². The molecular formula is C22H22FN5O. The Morgan fingerprint density at radius 2 is 1.97 bits per heavy atom. The highest BCUT2D eigenvalue weighted by Crippen LogP contribution is 2.47. The minimum absolute atomic E-state index is 0.381. The number of aromatic nitrogens is 4. The van der Waals surface area contributed by atoms with Crippen molar-refractivity contribution in [1.82, 2.24) is 19.9 Å². The largest absolute Gasteiger partial charge is 0.492 e. The third-order valence-electron chi connectivity index (χ3n) is 6.06. The molecule has 0 radical (unpaired) electrons. The molecule has 148 valence electrons. The molecule has 1 aliphatic carbocycles. The molecule has 0 amide bonds. The van der Waals surface area contributed by atoms with Crippen LogP contribution in [-0.4, -0.2) is 39.1 Å². The van der Waals surface area contributed by atoms with Crippen LogP contribution >= 0.6 is 0 Å². The Kier molecular flexibility index (Phi) is 4.58. The predicted octanol–water partition coefficient (Wildman–Crippen LogP) is 3.54. The van der Waals surface area contributed by atoms with Gasteiger partial charge in [0.2, 0.25) is 5.95 Å². The number of hydrogen-bond acceptors (Lipinski definition) is 6. The van der Waals surface area contributed by atoms with E-state index in [1.807, 2.05) is 18.5 Å². The second-order valence-corrected chi connectivity index (χ2v) is 7.67. The van der Waals surface area contributed by atoms with Crippen LogP contribution in [0, 0.1) is 17.7 Å². The molecule has 6 rings (SSSR count). The minimum atomic E-state index is -0.381. The van der Waals surface area contributed by atoms with Crippen molar-refractivity contribution in [1.29, 1.82) is 0 Å². The third kappa shape index (κ3) is 3.30. The van der Waals surface area contributed by atoms with E-state index in [0.717, 1.165) is 24.5 Å². The van der Waals surface area contributed by atoms with Crippen LogP contribution in [0.4, 0.5) is 10.3 Å². The molecule has 3 aromatic rings. The van der Waals surface area contributed by atoms with Gasteiger partial charge in [0.15, 0.2) is 5.82 Å². The summed E-state index contributed by atoms with van der Waals surface area (Å²) in [7, 11) is 0. The molecular weight excluding hydrogens is 369 g/mol. The maximum Gasteiger partial charge on any atom is 0.225 e. The van der Waals surface area contributed by atoms with Crippen molar-refractivity contribution in [2.75, 3.05) is 18.1 Å². The van der Waals surface area contributed by atoms with E-state index in [4.69, 9.17) is 4.74 Å². The van der Waals surface area contributed by atoms with Crippen molar-refractivity contribution in [2.45, 2.75) is 25.8 Å². The SMILES string of the molecule is CCc1cnc(N2CC3CC2C3COc2ccc(-c3ccncc3F)nc2)nc1. The molecule has 3 aliphatic rings. The smallest absolute Gasteiger partial charge is 0.225 e. The summed E-state index contributed by atoms with van der Waals surface area (Å²) in [5.74, 6) is 2.23. The summed E-state index contributed by atoms with van der Waals surface area (Å²) in [6.45, 7) is 3.74. The number of hydrogen-bond donors (Lipinski definition) is 0. The highest BCUT2D eigenvalue weighted by atomic mass is 19.1. The first-order chi connectivity index (χ1) is 14.2. The molecule has 3 fully saturated rings. The number of halogens is 1. The summed E-state index contributed by atoms with van der Waals surface area (Å²) in [5, 5.41) is 0. The molecule has 1 saturated carbocycles. The van der Waals surface area contributed by atoms with Crippen LogP contribution in [0.15, 0.2) is 49.2 Å². The average Bonchev–Trinajstić information content (AvgIpc) is 3.35. The summed E-state index contributed by atoms with van der Waals surface area (Å²) >= 11 is 0. The summed E-state index contributed by atoms with van der Waals surface area (Å²) in [4.78, 5) is 19.5. The Morgan fingerprint density at radius 1 is 1.10 bits per heavy atom. The van der Waals surface area contributed by atoms with Crippen LogP contribution in [0.25, 0.3) is 11.3 Å². The van der Waals surface area contributed by atoms with Gasteiger partial charge in [-0.1, -0.05) is 6.92 Å². The van der Waals surface area contributed by atoms with Crippen LogP contribution in [-0.2, 0) is 6.42 Å². The van der Waals surface area contributed by atoms with Gasteiger partial charge in [0.05, 0.1) is 24.7 Å². The molecule has 0 N–H and O–H groups in total. The summed E-state index contributed by atoms with van der Waals surface area (Å²) < 4.78 is 19.8. The summed E-state index contributed by atoms with van der Waals surface area (Å²) in [6, 6.07) is 5.67. The molecule has 29 heavy (non-hydrogen) atoms. The fraction of sp³-hybridized carbons (Fsp3) is 0.364. The first kappa shape index (κ1) is 18.0. The lowest BCUT2D eigenvalue weighted by atomic mass is 9.74. The normalized spacial score (nSPS) is 22.4. The maximum atomic E-state index is 13.8. The van der Waals surface area contributed by atoms with Crippen molar-refractivity contribution in [3.8, 4) is 17.0 Å². The van der Waals surface area contributed by atoms with E-state index in [0.29, 0.717) is 41.5 Å². The average molecular weight is 391 g/mol. The lowest BCUT2D eigenvalue weighted by molar-refractivity contribution is 0.131. The first-order valence-electron chi connectivity index (χ1n) is 9.99. The molecule has 3 atom stereocenters. The van der Waals surface area contributed by atoms with E-state index in [2.05, 4.69) is 31.8 Å². The van der Waals surface area contributed by atoms with Gasteiger partial charge in [-0.05, 0) is 42.5 Å². The zero-order valence-electron chi connectivity index (χ0n) is 16.2. The van der Waals surface area contributed by atoms with Gasteiger partial charge >= 0.3 is 0 Å². The van der Waals surface area contributed by atoms with Gasteiger partial charge in [0.25, 0.3) is 0 Å². The van der Waals surface area contributed by atoms with E-state index in [9.17, 15) is 4.39 Å². The standard InChI is InChI=1S/C22H22FN5O/c1-2-14-8-26-22(27-9-14)28-12-15-7-21(28)18(15)13-29-16-3-4-20(25-10-16)17-5-6-24-11-19(17)23/h3-6,8-11,15,18,21H,2,7,12-13H2,1H3. The Hall–Kier alpha value is -3.09. The number of fused-ring (bicyclic) bond motifs is 1. The van der Waals surface area contributed by atoms with Gasteiger partial charge in [0.1, 0.15) is 5.75 Å². The third-order valence-corrected chi connectivity index (χ3v) is 6.06. The molecule has 7 heteroatoms. The second kappa shape index (κ2) is 7.39. The van der Waals surface area contributed by atoms with Crippen molar-refractivity contribution >= 4 is 5.95 Å². The monoisotopic (exact) mass is 391 g/mol. The highest BCUT2D eigenvalue weighted by Gasteiger charge is 2.53. The van der Waals surface area contributed by atoms with Gasteiger partial charge < -0.3 is 9.64 Å². The van der Waals surface area contributed by atoms with Gasteiger partial charge in [-0.3, -0.25) is 9.97 Å². The number of pyridine rings is 2. The van der Waals surface area contributed by atoms with Crippen molar-refractivity contribution < 1.29 is 9.13 Å². The van der Waals surface area contributed by atoms with Crippen molar-refractivity contribution in [3.63, 3.8) is 0 Å². The van der Waals surface area contributed by atoms with Crippen molar-refractivity contribution in [3.05, 3.63) is 60.6 Å². The Morgan fingerprint density at radius 3 is 2.69 bits per heavy atom. The van der Waals surface area contributed by atoms with Crippen LogP contribution in [0.5, 0.6) is 5.75 Å². The fourth-order valence-corrected chi connectivity index (χ4v) is 4.29. The van der Waals surface area contributed by atoms with E-state index < -0.39 is 0 Å². The number of ether oxygens (including phenoxy) is 1. The summed E-state index contributed by atoms with van der Waals surface area (Å²) in [6.07, 6.45) is 10.4. The second-order valence-electron chi connectivity index (χ2n) is 7.67. The quantitative estimate of drug-likeness (QED) is 0.640. The Labute approximate surface area is 168 Å². The first-order valence-corrected chi connectivity index (χ1v) is 9.99. The van der Waals surface area contributed by atoms with E-state index in [1.54, 1.807) is 24.5 Å². The molecule has 0 spiro atoms. The molecule has 0 aromatic carbocycles. The van der Waals surface area contributed by atoms with E-state index >= 15 is 0 Å². The van der Waals surface area contributed by atoms with Crippen LogP contribution in [0.1, 0.15) is 18.9 Å². The lowest BCUT2D eigenvalue weighted by Crippen LogP contribution is -2.42. The number of nitrogens with zero attached hydrogens (tertiary/aromatic N) is 5. The van der Waals surface area contributed by atoms with Crippen LogP contribution < -0.4 is 9.64 Å². The van der Waals surface area contributed by atoms with Crippen molar-refractivity contribution in [2.24, 2.45) is 11.8 Å². The Bertz CT molecular complexity index is 995. The highest BCUT2D eigenvalue weighted by molar-refractivity contribution is 5.59. The van der Waals surface area contributed by atoms with Gasteiger partial charge in [-0.2, -0.15) is 0 Å². The van der Waals surface area contributed by atoms with E-state index in [1.165, 1.54) is 12.6 Å². The molecule has 5 heterocycles. The Balaban J connectivity index is 1.21. The lowest BCUT2D eigenvalue weighted by Gasteiger charge is -2.36. The minimum Gasteiger partial charge on any atom is -0.492 e. The molecule has 6 nitrogen and oxygen atoms in total. The maximum absolute atomic E-state index is 13.8. The number of rotatable bonds is 6. The van der Waals surface area contributed by atoms with Gasteiger partial charge in [0, 0.05) is 42.7 Å². The molecule has 2 bridgehead atoms.